The molecule has 4 saturated carbocycles. The van der Waals surface area contributed by atoms with Crippen LogP contribution in [0.2, 0.25) is 0 Å². The van der Waals surface area contributed by atoms with Crippen LogP contribution in [-0.2, 0) is 19.0 Å². The Hall–Kier alpha value is -0.610. The monoisotopic (exact) mass is 420 g/mol. The van der Waals surface area contributed by atoms with E-state index in [2.05, 4.69) is 0 Å². The Balaban J connectivity index is 1.08. The number of rotatable bonds is 7. The first-order valence-corrected chi connectivity index (χ1v) is 13.2. The lowest BCUT2D eigenvalue weighted by Gasteiger charge is -2.38. The summed E-state index contributed by atoms with van der Waals surface area (Å²) in [5, 5.41) is 0. The van der Waals surface area contributed by atoms with Gasteiger partial charge in [-0.1, -0.05) is 38.5 Å². The van der Waals surface area contributed by atoms with Gasteiger partial charge < -0.3 is 14.2 Å². The van der Waals surface area contributed by atoms with Crippen molar-refractivity contribution in [3.63, 3.8) is 0 Å². The minimum absolute atomic E-state index is 0.103. The lowest BCUT2D eigenvalue weighted by atomic mass is 9.72. The Labute approximate surface area is 183 Å². The molecule has 4 rings (SSSR count). The summed E-state index contributed by atoms with van der Waals surface area (Å²) in [5.74, 6) is 1.97. The molecule has 0 saturated heterocycles. The average molecular weight is 421 g/mol. The fraction of sp³-hybridized carbons (Fsp3) is 0.962. The van der Waals surface area contributed by atoms with Crippen LogP contribution in [0, 0.1) is 17.8 Å². The molecule has 4 fully saturated rings. The summed E-state index contributed by atoms with van der Waals surface area (Å²) in [4.78, 5) is 12.4. The zero-order chi connectivity index (χ0) is 20.6. The second-order valence-electron chi connectivity index (χ2n) is 10.6. The Bertz CT molecular complexity index is 493. The van der Waals surface area contributed by atoms with Crippen LogP contribution in [0.4, 0.5) is 0 Å². The first-order chi connectivity index (χ1) is 14.8. The molecule has 0 N–H and O–H groups in total. The van der Waals surface area contributed by atoms with Gasteiger partial charge in [0.2, 0.25) is 0 Å². The molecule has 0 spiro atoms. The van der Waals surface area contributed by atoms with Crippen molar-refractivity contribution in [1.29, 1.82) is 0 Å². The van der Waals surface area contributed by atoms with E-state index in [1.54, 1.807) is 0 Å². The van der Waals surface area contributed by atoms with Crippen LogP contribution >= 0.6 is 0 Å². The van der Waals surface area contributed by atoms with E-state index < -0.39 is 0 Å². The number of carbonyl (C=O) groups excluding carboxylic acids is 1. The van der Waals surface area contributed by atoms with Crippen molar-refractivity contribution in [2.24, 2.45) is 17.8 Å². The molecule has 0 unspecified atom stereocenters. The highest BCUT2D eigenvalue weighted by Gasteiger charge is 2.33. The van der Waals surface area contributed by atoms with Gasteiger partial charge in [0.15, 0.2) is 0 Å². The third kappa shape index (κ3) is 6.69. The summed E-state index contributed by atoms with van der Waals surface area (Å²) in [7, 11) is 0. The van der Waals surface area contributed by atoms with Crippen LogP contribution in [0.3, 0.4) is 0 Å². The maximum absolute atomic E-state index is 12.4. The molecule has 4 aliphatic carbocycles. The van der Waals surface area contributed by atoms with Crippen LogP contribution < -0.4 is 0 Å². The molecule has 0 aromatic rings. The van der Waals surface area contributed by atoms with Gasteiger partial charge in [0, 0.05) is 0 Å². The fourth-order valence-electron chi connectivity index (χ4n) is 6.47. The normalized spacial score (nSPS) is 34.5. The van der Waals surface area contributed by atoms with Crippen LogP contribution in [0.1, 0.15) is 116 Å². The molecular weight excluding hydrogens is 376 g/mol. The maximum Gasteiger partial charge on any atom is 0.309 e. The highest BCUT2D eigenvalue weighted by atomic mass is 16.7. The molecule has 0 bridgehead atoms. The van der Waals surface area contributed by atoms with E-state index >= 15 is 0 Å². The second-order valence-corrected chi connectivity index (χ2v) is 10.6. The second kappa shape index (κ2) is 11.9. The molecule has 4 heteroatoms. The van der Waals surface area contributed by atoms with Crippen LogP contribution in [-0.4, -0.2) is 31.1 Å². The van der Waals surface area contributed by atoms with Gasteiger partial charge in [-0.25, -0.2) is 0 Å². The zero-order valence-corrected chi connectivity index (χ0v) is 19.0. The SMILES string of the molecule is O=C(OC1CCC(C2CCC(OCOC3CCCCC3)CC2)CC1)C1CCCCC1. The van der Waals surface area contributed by atoms with Crippen molar-refractivity contribution in [3.8, 4) is 0 Å². The molecule has 4 nitrogen and oxygen atoms in total. The standard InChI is InChI=1S/C26H44O4/c27-26(22-7-3-1-4-8-22)30-25-17-13-21(14-18-25)20-11-15-24(16-12-20)29-19-28-23-9-5-2-6-10-23/h20-25H,1-19H2. The molecule has 0 aliphatic heterocycles. The van der Waals surface area contributed by atoms with Gasteiger partial charge >= 0.3 is 5.97 Å². The minimum Gasteiger partial charge on any atom is -0.462 e. The van der Waals surface area contributed by atoms with Crippen molar-refractivity contribution >= 4 is 5.97 Å². The van der Waals surface area contributed by atoms with Gasteiger partial charge in [-0.3, -0.25) is 4.79 Å². The number of carbonyl (C=O) groups is 1. The van der Waals surface area contributed by atoms with E-state index in [-0.39, 0.29) is 18.0 Å². The van der Waals surface area contributed by atoms with Crippen molar-refractivity contribution in [1.82, 2.24) is 0 Å². The maximum atomic E-state index is 12.4. The smallest absolute Gasteiger partial charge is 0.309 e. The first-order valence-electron chi connectivity index (χ1n) is 13.2. The number of ether oxygens (including phenoxy) is 3. The summed E-state index contributed by atoms with van der Waals surface area (Å²) in [6, 6.07) is 0. The Kier molecular flexibility index (Phi) is 8.92. The number of hydrogen-bond donors (Lipinski definition) is 0. The van der Waals surface area contributed by atoms with Crippen LogP contribution in [0.25, 0.3) is 0 Å². The van der Waals surface area contributed by atoms with Crippen LogP contribution in [0.15, 0.2) is 0 Å². The fourth-order valence-corrected chi connectivity index (χ4v) is 6.47. The summed E-state index contributed by atoms with van der Waals surface area (Å²) >= 11 is 0. The van der Waals surface area contributed by atoms with Crippen molar-refractivity contribution < 1.29 is 19.0 Å². The van der Waals surface area contributed by atoms with Crippen molar-refractivity contribution in [2.45, 2.75) is 134 Å². The van der Waals surface area contributed by atoms with E-state index in [0.717, 1.165) is 37.5 Å². The van der Waals surface area contributed by atoms with E-state index in [0.29, 0.717) is 19.0 Å². The molecule has 0 amide bonds. The molecule has 0 heterocycles. The predicted octanol–water partition coefficient (Wildman–Crippen LogP) is 6.55. The van der Waals surface area contributed by atoms with Gasteiger partial charge in [-0.15, -0.1) is 0 Å². The lowest BCUT2D eigenvalue weighted by molar-refractivity contribution is -0.157. The summed E-state index contributed by atoms with van der Waals surface area (Å²) in [5.41, 5.74) is 0. The quantitative estimate of drug-likeness (QED) is 0.346. The summed E-state index contributed by atoms with van der Waals surface area (Å²) in [6.45, 7) is 0.497. The Morgan fingerprint density at radius 1 is 0.533 bits per heavy atom. The largest absolute Gasteiger partial charge is 0.462 e. The molecule has 0 aromatic carbocycles. The number of esters is 1. The lowest BCUT2D eigenvalue weighted by Crippen LogP contribution is -2.33. The molecule has 0 atom stereocenters. The predicted molar refractivity (Wildman–Crippen MR) is 118 cm³/mol. The van der Waals surface area contributed by atoms with E-state index in [9.17, 15) is 4.79 Å². The number of hydrogen-bond acceptors (Lipinski definition) is 4. The van der Waals surface area contributed by atoms with Gasteiger partial charge in [0.05, 0.1) is 18.1 Å². The molecule has 4 aliphatic rings. The van der Waals surface area contributed by atoms with Gasteiger partial charge in [0.25, 0.3) is 0 Å². The minimum atomic E-state index is 0.103. The van der Waals surface area contributed by atoms with Crippen molar-refractivity contribution in [3.05, 3.63) is 0 Å². The van der Waals surface area contributed by atoms with Gasteiger partial charge in [0.1, 0.15) is 12.9 Å². The topological polar surface area (TPSA) is 44.8 Å². The molecule has 0 aromatic heterocycles. The summed E-state index contributed by atoms with van der Waals surface area (Å²) in [6.07, 6.45) is 22.9. The van der Waals surface area contributed by atoms with Gasteiger partial charge in [-0.2, -0.15) is 0 Å². The van der Waals surface area contributed by atoms with E-state index in [1.165, 1.54) is 89.9 Å². The highest BCUT2D eigenvalue weighted by Crippen LogP contribution is 2.40. The zero-order valence-electron chi connectivity index (χ0n) is 19.0. The highest BCUT2D eigenvalue weighted by molar-refractivity contribution is 5.72. The van der Waals surface area contributed by atoms with Crippen LogP contribution in [0.5, 0.6) is 0 Å². The summed E-state index contributed by atoms with van der Waals surface area (Å²) < 4.78 is 17.9. The Morgan fingerprint density at radius 2 is 1.00 bits per heavy atom. The van der Waals surface area contributed by atoms with E-state index in [4.69, 9.17) is 14.2 Å². The van der Waals surface area contributed by atoms with E-state index in [1.807, 2.05) is 0 Å². The van der Waals surface area contributed by atoms with Gasteiger partial charge in [-0.05, 0) is 88.9 Å². The van der Waals surface area contributed by atoms with Crippen molar-refractivity contribution in [2.75, 3.05) is 6.79 Å². The molecule has 0 radical (unpaired) electrons. The first kappa shape index (κ1) is 22.6. The third-order valence-corrected chi connectivity index (χ3v) is 8.49. The molecular formula is C26H44O4. The average Bonchev–Trinajstić information content (AvgIpc) is 2.81. The Morgan fingerprint density at radius 3 is 1.57 bits per heavy atom. The molecule has 172 valence electrons. The third-order valence-electron chi connectivity index (χ3n) is 8.49. The molecule has 30 heavy (non-hydrogen) atoms.